The minimum absolute atomic E-state index is 0. The minimum Gasteiger partial charge on any atom is -0.545 e. The van der Waals surface area contributed by atoms with E-state index in [1.54, 1.807) is 24.8 Å². The van der Waals surface area contributed by atoms with Gasteiger partial charge >= 0.3 is 98.8 Å². The Labute approximate surface area is 885 Å². The summed E-state index contributed by atoms with van der Waals surface area (Å²) in [6, 6.07) is 40.9. The number of carbonyl (C=O) groups excluding carboxylic acids is 6. The van der Waals surface area contributed by atoms with E-state index in [4.69, 9.17) is 85.3 Å². The van der Waals surface area contributed by atoms with Crippen LogP contribution in [-0.4, -0.2) is 175 Å². The van der Waals surface area contributed by atoms with Gasteiger partial charge in [0.1, 0.15) is 0 Å². The Morgan fingerprint density at radius 3 is 0.391 bits per heavy atom. The van der Waals surface area contributed by atoms with Crippen LogP contribution in [0.1, 0.15) is 187 Å². The topological polar surface area (TPSA) is 458 Å². The molecule has 740 valence electrons. The van der Waals surface area contributed by atoms with Gasteiger partial charge < -0.3 is 145 Å². The largest absolute Gasteiger partial charge is 3.00 e. The summed E-state index contributed by atoms with van der Waals surface area (Å²) in [4.78, 5) is 82.9. The van der Waals surface area contributed by atoms with Crippen LogP contribution in [-0.2, 0) is 0 Å². The monoisotopic (exact) mass is 2180 g/mol. The van der Waals surface area contributed by atoms with Gasteiger partial charge in [0.2, 0.25) is 34.5 Å². The molecule has 0 spiro atoms. The molecule has 0 atom stereocenters. The van der Waals surface area contributed by atoms with E-state index in [9.17, 15) is 59.4 Å². The number of hydrogen-bond acceptors (Lipinski definition) is 34. The van der Waals surface area contributed by atoms with E-state index in [1.165, 1.54) is 72.8 Å². The molecule has 0 saturated heterocycles. The molecular formula is C102H118Eu2N4O30. The molecule has 0 radical (unpaired) electrons. The van der Waals surface area contributed by atoms with Gasteiger partial charge in [0.05, 0.1) is 177 Å². The summed E-state index contributed by atoms with van der Waals surface area (Å²) in [5.41, 5.74) is 3.94. The second kappa shape index (κ2) is 66.3. The number of nitrogens with zero attached hydrogens (tertiary/aromatic N) is 4. The van der Waals surface area contributed by atoms with Crippen molar-refractivity contribution in [3.63, 3.8) is 0 Å². The van der Waals surface area contributed by atoms with Crippen LogP contribution in [0.2, 0.25) is 0 Å². The van der Waals surface area contributed by atoms with Crippen LogP contribution in [0.5, 0.6) is 103 Å². The second-order valence-electron chi connectivity index (χ2n) is 26.8. The van der Waals surface area contributed by atoms with Gasteiger partial charge in [-0.3, -0.25) is 19.9 Å². The van der Waals surface area contributed by atoms with E-state index in [0.717, 1.165) is 43.6 Å². The molecule has 12 aromatic rings. The maximum Gasteiger partial charge on any atom is 3.00 e. The molecule has 0 fully saturated rings. The number of fused-ring (bicyclic) bond motifs is 6. The van der Waals surface area contributed by atoms with E-state index >= 15 is 0 Å². The first-order chi connectivity index (χ1) is 65.7. The number of carbonyl (C=O) groups is 6. The fourth-order valence-corrected chi connectivity index (χ4v) is 12.4. The van der Waals surface area contributed by atoms with E-state index < -0.39 is 35.8 Å². The predicted molar refractivity (Wildman–Crippen MR) is 500 cm³/mol. The molecule has 0 amide bonds. The Morgan fingerprint density at radius 2 is 0.297 bits per heavy atom. The number of carboxylic acids is 6. The summed E-state index contributed by atoms with van der Waals surface area (Å²) in [5, 5.41) is 70.1. The van der Waals surface area contributed by atoms with Gasteiger partial charge in [-0.15, -0.1) is 0 Å². The standard InChI is InChI=1S/6C13H18O5.2C12H8N2.2Eu/c6*1-4-16-10-7-9(13(14)15)8-11(17-5-2)12(10)18-6-3;2*1-3-9-5-6-10-4-2-8-14-12(10)11(9)13-7-1;;/h6*7-8H,4-6H2,1-3H3,(H,14,15);2*1-8H;;/q;;;;;;;;2*+3/p-6. The molecule has 36 heteroatoms. The van der Waals surface area contributed by atoms with E-state index in [1.807, 2.05) is 149 Å². The fraction of sp³-hybridized carbons (Fsp3) is 0.353. The number of carboxylic acid groups (broad SMARTS) is 6. The Kier molecular flexibility index (Phi) is 57.7. The van der Waals surface area contributed by atoms with Crippen LogP contribution in [0, 0.1) is 98.8 Å². The van der Waals surface area contributed by atoms with Gasteiger partial charge in [-0.2, -0.15) is 0 Å². The van der Waals surface area contributed by atoms with Crippen LogP contribution < -0.4 is 116 Å². The first kappa shape index (κ1) is 120. The summed E-state index contributed by atoms with van der Waals surface area (Å²) in [5.74, 6) is -0.916. The fourth-order valence-electron chi connectivity index (χ4n) is 12.4. The molecule has 0 aliphatic heterocycles. The average Bonchev–Trinajstić information content (AvgIpc) is 0.818. The Bertz CT molecular complexity index is 4810. The molecule has 0 bridgehead atoms. The van der Waals surface area contributed by atoms with E-state index in [0.29, 0.717) is 222 Å². The third-order valence-corrected chi connectivity index (χ3v) is 17.6. The van der Waals surface area contributed by atoms with Gasteiger partial charge in [0, 0.05) is 79.7 Å². The summed E-state index contributed by atoms with van der Waals surface area (Å²) in [7, 11) is 0. The van der Waals surface area contributed by atoms with Crippen molar-refractivity contribution in [3.8, 4) is 103 Å². The molecule has 0 unspecified atom stereocenters. The molecule has 0 N–H and O–H groups in total. The third kappa shape index (κ3) is 37.3. The van der Waals surface area contributed by atoms with Crippen LogP contribution in [0.25, 0.3) is 43.6 Å². The number of rotatable bonds is 42. The van der Waals surface area contributed by atoms with Crippen molar-refractivity contribution in [3.05, 3.63) is 204 Å². The molecule has 8 aromatic carbocycles. The van der Waals surface area contributed by atoms with E-state index in [2.05, 4.69) is 68.5 Å². The summed E-state index contributed by atoms with van der Waals surface area (Å²) in [6.07, 6.45) is 7.21. The van der Waals surface area contributed by atoms with E-state index in [-0.39, 0.29) is 132 Å². The predicted octanol–water partition coefficient (Wildman–Crippen LogP) is 13.0. The van der Waals surface area contributed by atoms with Gasteiger partial charge in [0.25, 0.3) is 0 Å². The first-order valence-corrected chi connectivity index (χ1v) is 44.5. The van der Waals surface area contributed by atoms with Crippen molar-refractivity contribution < 1.29 is 243 Å². The number of benzene rings is 8. The van der Waals surface area contributed by atoms with Gasteiger partial charge in [-0.25, -0.2) is 0 Å². The van der Waals surface area contributed by atoms with Crippen molar-refractivity contribution in [2.45, 2.75) is 125 Å². The summed E-state index contributed by atoms with van der Waals surface area (Å²) < 4.78 is 97.1. The molecule has 0 saturated carbocycles. The Balaban J connectivity index is 0.000000405. The number of hydrogen-bond donors (Lipinski definition) is 0. The Hall–Kier alpha value is -12.2. The molecule has 4 heterocycles. The zero-order valence-electron chi connectivity index (χ0n) is 80.7. The molecule has 0 aliphatic carbocycles. The van der Waals surface area contributed by atoms with Crippen LogP contribution in [0.4, 0.5) is 0 Å². The molecular weight excluding hydrogens is 2070 g/mol. The summed E-state index contributed by atoms with van der Waals surface area (Å²) >= 11 is 0. The first-order valence-electron chi connectivity index (χ1n) is 44.5. The van der Waals surface area contributed by atoms with Crippen LogP contribution >= 0.6 is 0 Å². The Morgan fingerprint density at radius 1 is 0.188 bits per heavy atom. The number of ether oxygens (including phenoxy) is 18. The number of aromatic carboxylic acids is 6. The maximum absolute atomic E-state index is 10.9. The van der Waals surface area contributed by atoms with Gasteiger partial charge in [0.15, 0.2) is 69.0 Å². The second-order valence-corrected chi connectivity index (χ2v) is 26.8. The van der Waals surface area contributed by atoms with Crippen molar-refractivity contribution in [1.82, 2.24) is 19.9 Å². The molecule has 34 nitrogen and oxygen atoms in total. The van der Waals surface area contributed by atoms with Gasteiger partial charge in [-0.05, 0) is 222 Å². The maximum atomic E-state index is 10.9. The summed E-state index contributed by atoms with van der Waals surface area (Å²) in [6.45, 7) is 40.1. The normalized spacial score (nSPS) is 9.99. The van der Waals surface area contributed by atoms with Crippen molar-refractivity contribution in [2.24, 2.45) is 0 Å². The zero-order chi connectivity index (χ0) is 100. The molecule has 0 aliphatic rings. The SMILES string of the molecule is CCOc1cc(C(=O)[O-])cc(OCC)c1OCC.CCOc1cc(C(=O)[O-])cc(OCC)c1OCC.CCOc1cc(C(=O)[O-])cc(OCC)c1OCC.CCOc1cc(C(=O)[O-])cc(OCC)c1OCC.CCOc1cc(C(=O)[O-])cc(OCC)c1OCC.CCOc1cc(C(=O)[O-])cc(OCC)c1OCC.[Eu+3].[Eu+3].c1cnc2c(c1)ccc1cccnc12.c1cnc2c(c1)ccc1cccnc12. The van der Waals surface area contributed by atoms with Crippen LogP contribution in [0.15, 0.2) is 170 Å². The third-order valence-electron chi connectivity index (χ3n) is 17.6. The molecule has 138 heavy (non-hydrogen) atoms. The molecule has 12 rings (SSSR count). The van der Waals surface area contributed by atoms with Crippen molar-refractivity contribution in [2.75, 3.05) is 119 Å². The van der Waals surface area contributed by atoms with Crippen molar-refractivity contribution >= 4 is 79.4 Å². The quantitative estimate of drug-likeness (QED) is 0.0321. The van der Waals surface area contributed by atoms with Crippen molar-refractivity contribution in [1.29, 1.82) is 0 Å². The minimum atomic E-state index is -1.28. The average molecular weight is 2180 g/mol. The van der Waals surface area contributed by atoms with Gasteiger partial charge in [-0.1, -0.05) is 48.5 Å². The molecule has 4 aromatic heterocycles. The zero-order valence-corrected chi connectivity index (χ0v) is 85.5. The number of pyridine rings is 4. The van der Waals surface area contributed by atoms with Crippen LogP contribution in [0.3, 0.4) is 0 Å². The smallest absolute Gasteiger partial charge is 0.545 e. The number of aromatic nitrogens is 4.